The third kappa shape index (κ3) is 6.47. The molecule has 0 aliphatic heterocycles. The van der Waals surface area contributed by atoms with Crippen LogP contribution in [0.1, 0.15) is 40.3 Å². The second kappa shape index (κ2) is 12.9. The van der Waals surface area contributed by atoms with E-state index in [0.29, 0.717) is 33.2 Å². The quantitative estimate of drug-likeness (QED) is 0.187. The molecule has 1 aliphatic carbocycles. The summed E-state index contributed by atoms with van der Waals surface area (Å²) in [6, 6.07) is 19.1. The zero-order chi connectivity index (χ0) is 29.6. The topological polar surface area (TPSA) is 145 Å². The van der Waals surface area contributed by atoms with Crippen LogP contribution in [0, 0.1) is 11.3 Å². The number of aliphatic hydroxyl groups is 1. The number of ether oxygens (including phenoxy) is 2. The first-order valence-electron chi connectivity index (χ1n) is 13.3. The van der Waals surface area contributed by atoms with Crippen LogP contribution in [0.4, 0.5) is 0 Å². The van der Waals surface area contributed by atoms with Crippen LogP contribution in [0.3, 0.4) is 0 Å². The number of aromatic nitrogens is 1. The van der Waals surface area contributed by atoms with E-state index in [4.69, 9.17) is 21.1 Å². The average Bonchev–Trinajstić information content (AvgIpc) is 3.40. The molecule has 3 aromatic carbocycles. The molecule has 1 aliphatic rings. The van der Waals surface area contributed by atoms with Gasteiger partial charge in [-0.05, 0) is 59.4 Å². The zero-order valence-electron chi connectivity index (χ0n) is 22.5. The van der Waals surface area contributed by atoms with E-state index in [2.05, 4.69) is 16.4 Å². The highest BCUT2D eigenvalue weighted by molar-refractivity contribution is 6.32. The first-order valence-corrected chi connectivity index (χ1v) is 13.7. The number of hydrogen-bond donors (Lipinski definition) is 4. The smallest absolute Gasteiger partial charge is 0.323 e. The Morgan fingerprint density at radius 1 is 1.14 bits per heavy atom. The second-order valence-electron chi connectivity index (χ2n) is 9.90. The summed E-state index contributed by atoms with van der Waals surface area (Å²) in [7, 11) is 0. The van der Waals surface area contributed by atoms with Crippen LogP contribution in [-0.4, -0.2) is 38.9 Å². The van der Waals surface area contributed by atoms with Crippen molar-refractivity contribution in [2.24, 2.45) is 0 Å². The van der Waals surface area contributed by atoms with Gasteiger partial charge in [0, 0.05) is 36.1 Å². The third-order valence-electron chi connectivity index (χ3n) is 7.09. The Labute approximate surface area is 247 Å². The maximum atomic E-state index is 11.4. The number of nitrogens with one attached hydrogen (secondary N) is 1. The first-order chi connectivity index (χ1) is 20.4. The number of nitriles is 1. The molecule has 1 unspecified atom stereocenters. The Hall–Kier alpha value is -4.62. The molecule has 1 heterocycles. The molecule has 0 spiro atoms. The highest BCUT2D eigenvalue weighted by Crippen LogP contribution is 2.43. The number of carbonyl (C=O) groups is 1. The standard InChI is InChI=1S/C32H28ClN3O6/c33-27-11-22(16-36-28(17-37)32(39)40)30(41-18-20-9-19(13-34)14-35-15-20)12-31(27)42-29-8-7-25-24(5-2-6-26(25)29)21-3-1-4-23(38)10-21/h1-6,9-12,14-15,28-29,36-38H,7-8,16-18H2,(H,39,40)/t28?,29-/m0/s1. The van der Waals surface area contributed by atoms with Crippen molar-refractivity contribution in [3.8, 4) is 34.4 Å². The van der Waals surface area contributed by atoms with E-state index in [1.54, 1.807) is 36.5 Å². The second-order valence-corrected chi connectivity index (χ2v) is 10.3. The molecule has 42 heavy (non-hydrogen) atoms. The summed E-state index contributed by atoms with van der Waals surface area (Å²) < 4.78 is 12.6. The predicted octanol–water partition coefficient (Wildman–Crippen LogP) is 5.16. The molecule has 0 saturated carbocycles. The number of halogens is 1. The molecular weight excluding hydrogens is 558 g/mol. The van der Waals surface area contributed by atoms with E-state index in [-0.39, 0.29) is 25.0 Å². The molecule has 4 aromatic rings. The number of pyridine rings is 1. The molecule has 1 aromatic heterocycles. The largest absolute Gasteiger partial charge is 0.508 e. The fraction of sp³-hybridized carbons (Fsp3) is 0.219. The number of rotatable bonds is 11. The minimum Gasteiger partial charge on any atom is -0.508 e. The maximum absolute atomic E-state index is 11.4. The van der Waals surface area contributed by atoms with Gasteiger partial charge in [-0.2, -0.15) is 5.26 Å². The molecule has 0 radical (unpaired) electrons. The van der Waals surface area contributed by atoms with E-state index in [0.717, 1.165) is 35.1 Å². The number of fused-ring (bicyclic) bond motifs is 1. The fourth-order valence-corrected chi connectivity index (χ4v) is 5.26. The summed E-state index contributed by atoms with van der Waals surface area (Å²) in [4.78, 5) is 15.5. The van der Waals surface area contributed by atoms with E-state index in [1.807, 2.05) is 30.3 Å². The van der Waals surface area contributed by atoms with Crippen LogP contribution in [0.25, 0.3) is 11.1 Å². The zero-order valence-corrected chi connectivity index (χ0v) is 23.2. The van der Waals surface area contributed by atoms with Gasteiger partial charge in [0.05, 0.1) is 17.2 Å². The van der Waals surface area contributed by atoms with Crippen molar-refractivity contribution >= 4 is 17.6 Å². The molecular formula is C32H28ClN3O6. The number of nitrogens with zero attached hydrogens (tertiary/aromatic N) is 2. The molecule has 2 atom stereocenters. The van der Waals surface area contributed by atoms with Gasteiger partial charge in [0.2, 0.25) is 0 Å². The third-order valence-corrected chi connectivity index (χ3v) is 7.39. The van der Waals surface area contributed by atoms with Crippen LogP contribution < -0.4 is 14.8 Å². The molecule has 0 fully saturated rings. The van der Waals surface area contributed by atoms with Crippen molar-refractivity contribution < 1.29 is 29.6 Å². The summed E-state index contributed by atoms with van der Waals surface area (Å²) in [5.41, 5.74) is 5.78. The summed E-state index contributed by atoms with van der Waals surface area (Å²) in [5, 5.41) is 41.0. The summed E-state index contributed by atoms with van der Waals surface area (Å²) >= 11 is 6.67. The number of aliphatic hydroxyl groups excluding tert-OH is 1. The van der Waals surface area contributed by atoms with Crippen molar-refractivity contribution in [1.82, 2.24) is 10.3 Å². The minimum atomic E-state index is -1.18. The molecule has 9 nitrogen and oxygen atoms in total. The number of phenols is 1. The fourth-order valence-electron chi connectivity index (χ4n) is 5.03. The van der Waals surface area contributed by atoms with Crippen LogP contribution in [0.2, 0.25) is 5.02 Å². The van der Waals surface area contributed by atoms with Gasteiger partial charge in [0.15, 0.2) is 0 Å². The van der Waals surface area contributed by atoms with Crippen molar-refractivity contribution in [3.05, 3.63) is 106 Å². The Kier molecular flexibility index (Phi) is 8.88. The van der Waals surface area contributed by atoms with Crippen molar-refractivity contribution in [2.75, 3.05) is 6.61 Å². The van der Waals surface area contributed by atoms with Gasteiger partial charge in [-0.25, -0.2) is 0 Å². The highest BCUT2D eigenvalue weighted by atomic mass is 35.5. The number of carboxylic acids is 1. The van der Waals surface area contributed by atoms with Crippen molar-refractivity contribution in [3.63, 3.8) is 0 Å². The van der Waals surface area contributed by atoms with Crippen LogP contribution in [0.15, 0.2) is 73.1 Å². The van der Waals surface area contributed by atoms with Crippen LogP contribution in [-0.2, 0) is 24.4 Å². The van der Waals surface area contributed by atoms with Gasteiger partial charge >= 0.3 is 5.97 Å². The molecule has 214 valence electrons. The maximum Gasteiger partial charge on any atom is 0.323 e. The molecule has 5 rings (SSSR count). The molecule has 0 amide bonds. The summed E-state index contributed by atoms with van der Waals surface area (Å²) in [5.74, 6) is -0.182. The average molecular weight is 586 g/mol. The molecule has 10 heteroatoms. The van der Waals surface area contributed by atoms with Gasteiger partial charge in [-0.1, -0.05) is 41.9 Å². The predicted molar refractivity (Wildman–Crippen MR) is 155 cm³/mol. The SMILES string of the molecule is N#Cc1cncc(COc2cc(O[C@H]3CCc4c(-c5cccc(O)c5)cccc43)c(Cl)cc2CNC(CO)C(=O)O)c1. The first kappa shape index (κ1) is 28.9. The van der Waals surface area contributed by atoms with Gasteiger partial charge in [0.25, 0.3) is 0 Å². The Bertz CT molecular complexity index is 1650. The Morgan fingerprint density at radius 3 is 2.74 bits per heavy atom. The van der Waals surface area contributed by atoms with Crippen molar-refractivity contribution in [2.45, 2.75) is 38.1 Å². The molecule has 4 N–H and O–H groups in total. The monoisotopic (exact) mass is 585 g/mol. The van der Waals surface area contributed by atoms with Gasteiger partial charge in [-0.15, -0.1) is 0 Å². The van der Waals surface area contributed by atoms with Gasteiger partial charge in [0.1, 0.15) is 42.1 Å². The van der Waals surface area contributed by atoms with Crippen LogP contribution in [0.5, 0.6) is 17.2 Å². The number of hydrogen-bond acceptors (Lipinski definition) is 8. The summed E-state index contributed by atoms with van der Waals surface area (Å²) in [6.45, 7) is -0.430. The van der Waals surface area contributed by atoms with Crippen LogP contribution >= 0.6 is 11.6 Å². The normalized spacial score (nSPS) is 14.5. The van der Waals surface area contributed by atoms with Crippen molar-refractivity contribution in [1.29, 1.82) is 5.26 Å². The summed E-state index contributed by atoms with van der Waals surface area (Å²) in [6.07, 6.45) is 4.30. The Morgan fingerprint density at radius 2 is 1.98 bits per heavy atom. The number of aromatic hydroxyl groups is 1. The number of benzene rings is 3. The number of phenolic OH excluding ortho intramolecular Hbond substituents is 1. The number of carboxylic acid groups (broad SMARTS) is 1. The van der Waals surface area contributed by atoms with Gasteiger partial charge < -0.3 is 24.8 Å². The number of aliphatic carboxylic acids is 1. The van der Waals surface area contributed by atoms with E-state index in [1.165, 1.54) is 6.20 Å². The lowest BCUT2D eigenvalue weighted by molar-refractivity contribution is -0.140. The van der Waals surface area contributed by atoms with E-state index >= 15 is 0 Å². The highest BCUT2D eigenvalue weighted by Gasteiger charge is 2.28. The Balaban J connectivity index is 1.42. The van der Waals surface area contributed by atoms with E-state index < -0.39 is 18.6 Å². The molecule has 0 saturated heterocycles. The van der Waals surface area contributed by atoms with E-state index in [9.17, 15) is 25.4 Å². The lowest BCUT2D eigenvalue weighted by Gasteiger charge is -2.20. The van der Waals surface area contributed by atoms with Gasteiger partial charge in [-0.3, -0.25) is 15.1 Å². The lowest BCUT2D eigenvalue weighted by atomic mass is 9.96. The minimum absolute atomic E-state index is 0.0584. The lowest BCUT2D eigenvalue weighted by Crippen LogP contribution is -2.39. The molecule has 0 bridgehead atoms.